The Morgan fingerprint density at radius 1 is 1.29 bits per heavy atom. The fourth-order valence-corrected chi connectivity index (χ4v) is 2.89. The first-order valence-corrected chi connectivity index (χ1v) is 6.92. The van der Waals surface area contributed by atoms with Crippen molar-refractivity contribution in [3.8, 4) is 0 Å². The monoisotopic (exact) mass is 283 g/mol. The lowest BCUT2D eigenvalue weighted by Gasteiger charge is -2.31. The predicted molar refractivity (Wildman–Crippen MR) is 83.4 cm³/mol. The molecular weight excluding hydrogens is 266 g/mol. The number of nitrogens with zero attached hydrogens (tertiary/aromatic N) is 2. The van der Waals surface area contributed by atoms with E-state index in [1.165, 1.54) is 5.56 Å². The van der Waals surface area contributed by atoms with Crippen LogP contribution in [0, 0.1) is 17.0 Å². The smallest absolute Gasteiger partial charge is 0.292 e. The van der Waals surface area contributed by atoms with Crippen LogP contribution in [0.4, 0.5) is 17.1 Å². The summed E-state index contributed by atoms with van der Waals surface area (Å²) in [5.41, 5.74) is 10.9. The van der Waals surface area contributed by atoms with E-state index >= 15 is 0 Å². The summed E-state index contributed by atoms with van der Waals surface area (Å²) in [7, 11) is 0. The first-order chi connectivity index (χ1) is 10.1. The average molecular weight is 283 g/mol. The second kappa shape index (κ2) is 5.09. The topological polar surface area (TPSA) is 72.4 Å². The summed E-state index contributed by atoms with van der Waals surface area (Å²) in [6, 6.07) is 11.3. The lowest BCUT2D eigenvalue weighted by atomic mass is 9.97. The highest BCUT2D eigenvalue weighted by molar-refractivity contribution is 5.66. The van der Waals surface area contributed by atoms with Crippen molar-refractivity contribution in [2.24, 2.45) is 0 Å². The van der Waals surface area contributed by atoms with Crippen molar-refractivity contribution in [1.29, 1.82) is 0 Å². The summed E-state index contributed by atoms with van der Waals surface area (Å²) < 4.78 is 0. The number of rotatable bonds is 2. The van der Waals surface area contributed by atoms with Gasteiger partial charge in [-0.1, -0.05) is 18.2 Å². The lowest BCUT2D eigenvalue weighted by molar-refractivity contribution is -0.384. The van der Waals surface area contributed by atoms with Crippen LogP contribution in [-0.2, 0) is 13.0 Å². The molecule has 1 heterocycles. The number of aryl methyl sites for hydroxylation is 1. The first-order valence-electron chi connectivity index (χ1n) is 6.92. The van der Waals surface area contributed by atoms with Crippen LogP contribution in [0.3, 0.4) is 0 Å². The molecule has 0 saturated carbocycles. The van der Waals surface area contributed by atoms with Gasteiger partial charge < -0.3 is 10.6 Å². The first kappa shape index (κ1) is 13.4. The van der Waals surface area contributed by atoms with Crippen LogP contribution in [0.5, 0.6) is 0 Å². The highest BCUT2D eigenvalue weighted by Crippen LogP contribution is 2.33. The van der Waals surface area contributed by atoms with Crippen LogP contribution in [-0.4, -0.2) is 11.5 Å². The van der Waals surface area contributed by atoms with Crippen LogP contribution >= 0.6 is 0 Å². The SMILES string of the molecule is Cc1ccc(N2CCc3c(N)cccc3C2)c([N+](=O)[O-])c1. The molecule has 2 aromatic rings. The Labute approximate surface area is 123 Å². The van der Waals surface area contributed by atoms with Crippen LogP contribution in [0.15, 0.2) is 36.4 Å². The highest BCUT2D eigenvalue weighted by Gasteiger charge is 2.24. The number of hydrogen-bond donors (Lipinski definition) is 1. The average Bonchev–Trinajstić information content (AvgIpc) is 2.47. The van der Waals surface area contributed by atoms with Crippen LogP contribution in [0.2, 0.25) is 0 Å². The van der Waals surface area contributed by atoms with Crippen molar-refractivity contribution in [2.45, 2.75) is 19.9 Å². The molecule has 0 unspecified atom stereocenters. The third kappa shape index (κ3) is 2.42. The molecule has 5 nitrogen and oxygen atoms in total. The molecule has 3 rings (SSSR count). The largest absolute Gasteiger partial charge is 0.398 e. The molecule has 0 aromatic heterocycles. The van der Waals surface area contributed by atoms with Crippen LogP contribution < -0.4 is 10.6 Å². The number of nitrogens with two attached hydrogens (primary N) is 1. The van der Waals surface area contributed by atoms with Crippen molar-refractivity contribution in [3.05, 3.63) is 63.2 Å². The third-order valence-corrected chi connectivity index (χ3v) is 3.97. The molecule has 2 aromatic carbocycles. The fraction of sp³-hybridized carbons (Fsp3) is 0.250. The molecule has 0 saturated heterocycles. The quantitative estimate of drug-likeness (QED) is 0.522. The van der Waals surface area contributed by atoms with Crippen LogP contribution in [0.1, 0.15) is 16.7 Å². The van der Waals surface area contributed by atoms with Crippen LogP contribution in [0.25, 0.3) is 0 Å². The summed E-state index contributed by atoms with van der Waals surface area (Å²) in [4.78, 5) is 13.0. The Morgan fingerprint density at radius 2 is 2.10 bits per heavy atom. The maximum absolute atomic E-state index is 11.3. The van der Waals surface area contributed by atoms with Gasteiger partial charge in [0, 0.05) is 24.8 Å². The second-order valence-corrected chi connectivity index (χ2v) is 5.41. The maximum atomic E-state index is 11.3. The molecular formula is C16H17N3O2. The highest BCUT2D eigenvalue weighted by atomic mass is 16.6. The normalized spacial score (nSPS) is 13.9. The summed E-state index contributed by atoms with van der Waals surface area (Å²) in [6.07, 6.45) is 0.813. The summed E-state index contributed by atoms with van der Waals surface area (Å²) in [5.74, 6) is 0. The number of nitro groups is 1. The lowest BCUT2D eigenvalue weighted by Crippen LogP contribution is -2.31. The molecule has 5 heteroatoms. The van der Waals surface area contributed by atoms with Gasteiger partial charge in [0.2, 0.25) is 0 Å². The molecule has 0 amide bonds. The van der Waals surface area contributed by atoms with E-state index in [1.54, 1.807) is 6.07 Å². The Balaban J connectivity index is 1.99. The van der Waals surface area contributed by atoms with Crippen molar-refractivity contribution >= 4 is 17.1 Å². The fourth-order valence-electron chi connectivity index (χ4n) is 2.89. The van der Waals surface area contributed by atoms with Crippen molar-refractivity contribution in [3.63, 3.8) is 0 Å². The van der Waals surface area contributed by atoms with Gasteiger partial charge in [0.15, 0.2) is 0 Å². The number of hydrogen-bond acceptors (Lipinski definition) is 4. The van der Waals surface area contributed by atoms with Crippen molar-refractivity contribution in [1.82, 2.24) is 0 Å². The van der Waals surface area contributed by atoms with E-state index in [2.05, 4.69) is 4.90 Å². The summed E-state index contributed by atoms with van der Waals surface area (Å²) in [5, 5.41) is 11.3. The zero-order chi connectivity index (χ0) is 15.0. The molecule has 1 aliphatic rings. The number of nitro benzene ring substituents is 1. The summed E-state index contributed by atoms with van der Waals surface area (Å²) in [6.45, 7) is 3.26. The molecule has 0 spiro atoms. The second-order valence-electron chi connectivity index (χ2n) is 5.41. The predicted octanol–water partition coefficient (Wildman–Crippen LogP) is 3.05. The van der Waals surface area contributed by atoms with Gasteiger partial charge >= 0.3 is 0 Å². The minimum absolute atomic E-state index is 0.169. The van der Waals surface area contributed by atoms with E-state index in [0.717, 1.165) is 29.8 Å². The van der Waals surface area contributed by atoms with Gasteiger partial charge in [0.05, 0.1) is 4.92 Å². The van der Waals surface area contributed by atoms with Gasteiger partial charge in [0.1, 0.15) is 5.69 Å². The minimum Gasteiger partial charge on any atom is -0.398 e. The zero-order valence-corrected chi connectivity index (χ0v) is 11.9. The molecule has 0 aliphatic carbocycles. The van der Waals surface area contributed by atoms with E-state index < -0.39 is 0 Å². The Bertz CT molecular complexity index is 713. The van der Waals surface area contributed by atoms with Gasteiger partial charge in [-0.3, -0.25) is 10.1 Å². The molecule has 108 valence electrons. The Hall–Kier alpha value is -2.56. The Morgan fingerprint density at radius 3 is 2.86 bits per heavy atom. The van der Waals surface area contributed by atoms with E-state index in [1.807, 2.05) is 37.3 Å². The van der Waals surface area contributed by atoms with Crippen molar-refractivity contribution < 1.29 is 4.92 Å². The number of nitrogen functional groups attached to an aromatic ring is 1. The third-order valence-electron chi connectivity index (χ3n) is 3.97. The molecule has 0 bridgehead atoms. The summed E-state index contributed by atoms with van der Waals surface area (Å²) >= 11 is 0. The standard InChI is InChI=1S/C16H17N3O2/c1-11-5-6-15(16(9-11)19(20)21)18-8-7-13-12(10-18)3-2-4-14(13)17/h2-6,9H,7-8,10,17H2,1H3. The number of benzene rings is 2. The van der Waals surface area contributed by atoms with E-state index in [-0.39, 0.29) is 10.6 Å². The van der Waals surface area contributed by atoms with Gasteiger partial charge in [-0.15, -0.1) is 0 Å². The van der Waals surface area contributed by atoms with Gasteiger partial charge in [-0.25, -0.2) is 0 Å². The number of fused-ring (bicyclic) bond motifs is 1. The zero-order valence-electron chi connectivity index (χ0n) is 11.9. The number of anilines is 2. The van der Waals surface area contributed by atoms with Gasteiger partial charge in [0.25, 0.3) is 5.69 Å². The maximum Gasteiger partial charge on any atom is 0.292 e. The molecule has 1 aliphatic heterocycles. The molecule has 2 N–H and O–H groups in total. The van der Waals surface area contributed by atoms with E-state index in [9.17, 15) is 10.1 Å². The molecule has 0 fully saturated rings. The minimum atomic E-state index is -0.308. The molecule has 0 radical (unpaired) electrons. The van der Waals surface area contributed by atoms with E-state index in [0.29, 0.717) is 12.2 Å². The Kier molecular flexibility index (Phi) is 3.25. The molecule has 21 heavy (non-hydrogen) atoms. The van der Waals surface area contributed by atoms with Gasteiger partial charge in [-0.05, 0) is 42.2 Å². The van der Waals surface area contributed by atoms with Crippen molar-refractivity contribution in [2.75, 3.05) is 17.2 Å². The van der Waals surface area contributed by atoms with Gasteiger partial charge in [-0.2, -0.15) is 0 Å². The molecule has 0 atom stereocenters. The van der Waals surface area contributed by atoms with E-state index in [4.69, 9.17) is 5.73 Å².